The molecule has 0 atom stereocenters. The Labute approximate surface area is 260 Å². The highest BCUT2D eigenvalue weighted by molar-refractivity contribution is 5.94. The van der Waals surface area contributed by atoms with Crippen LogP contribution in [0.15, 0.2) is 132 Å². The zero-order chi connectivity index (χ0) is 30.6. The number of nitrogens with zero attached hydrogens (tertiary/aromatic N) is 3. The third-order valence-corrected chi connectivity index (χ3v) is 8.27. The summed E-state index contributed by atoms with van der Waals surface area (Å²) >= 11 is 0. The molecule has 2 heterocycles. The second-order valence-electron chi connectivity index (χ2n) is 10.7. The molecule has 0 bridgehead atoms. The van der Waals surface area contributed by atoms with E-state index in [0.717, 1.165) is 44.8 Å². The molecule has 5 aromatic carbocycles. The van der Waals surface area contributed by atoms with Gasteiger partial charge in [-0.25, -0.2) is 4.98 Å². The summed E-state index contributed by atoms with van der Waals surface area (Å²) in [6.07, 6.45) is 2.20. The fourth-order valence-electron chi connectivity index (χ4n) is 6.15. The first-order valence-corrected chi connectivity index (χ1v) is 15.3. The zero-order valence-corrected chi connectivity index (χ0v) is 25.9. The molecule has 44 heavy (non-hydrogen) atoms. The van der Waals surface area contributed by atoms with Crippen molar-refractivity contribution in [3.63, 3.8) is 0 Å². The molecule has 0 spiro atoms. The number of aliphatic imine (C=N–C) groups is 1. The topological polar surface area (TPSA) is 28.5 Å². The van der Waals surface area contributed by atoms with Crippen molar-refractivity contribution in [3.8, 4) is 22.4 Å². The van der Waals surface area contributed by atoms with Gasteiger partial charge in [0.05, 0.1) is 34.8 Å². The third kappa shape index (κ3) is 5.22. The number of fused-ring (bicyclic) bond motifs is 4. The fourth-order valence-corrected chi connectivity index (χ4v) is 6.15. The van der Waals surface area contributed by atoms with E-state index in [9.17, 15) is 0 Å². The molecule has 1 aromatic heterocycles. The van der Waals surface area contributed by atoms with Crippen LogP contribution < -0.4 is 4.90 Å². The van der Waals surface area contributed by atoms with Crippen LogP contribution in [0.3, 0.4) is 0 Å². The van der Waals surface area contributed by atoms with E-state index in [2.05, 4.69) is 146 Å². The predicted molar refractivity (Wildman–Crippen MR) is 189 cm³/mol. The van der Waals surface area contributed by atoms with Crippen LogP contribution in [0.25, 0.3) is 38.9 Å². The van der Waals surface area contributed by atoms with Gasteiger partial charge in [0.25, 0.3) is 0 Å². The summed E-state index contributed by atoms with van der Waals surface area (Å²) in [6, 6.07) is 43.0. The summed E-state index contributed by atoms with van der Waals surface area (Å²) in [4.78, 5) is 11.9. The predicted octanol–water partition coefficient (Wildman–Crippen LogP) is 11.3. The van der Waals surface area contributed by atoms with Crippen molar-refractivity contribution < 1.29 is 0 Å². The second kappa shape index (κ2) is 12.5. The molecule has 1 aliphatic rings. The Hall–Kier alpha value is -5.28. The van der Waals surface area contributed by atoms with Crippen molar-refractivity contribution in [3.05, 3.63) is 150 Å². The van der Waals surface area contributed by atoms with E-state index in [1.807, 2.05) is 26.0 Å². The Morgan fingerprint density at radius 2 is 1.48 bits per heavy atom. The molecule has 0 aliphatic carbocycles. The Balaban J connectivity index is 0.00000168. The number of para-hydroxylation sites is 3. The molecule has 1 aliphatic heterocycles. The van der Waals surface area contributed by atoms with E-state index in [0.29, 0.717) is 6.54 Å². The van der Waals surface area contributed by atoms with E-state index in [-0.39, 0.29) is 0 Å². The highest BCUT2D eigenvalue weighted by Crippen LogP contribution is 2.46. The summed E-state index contributed by atoms with van der Waals surface area (Å²) in [5, 5.41) is 1.15. The zero-order valence-electron chi connectivity index (χ0n) is 25.9. The molecule has 7 rings (SSSR count). The minimum absolute atomic E-state index is 0.714. The molecule has 3 heteroatoms. The lowest BCUT2D eigenvalue weighted by molar-refractivity contribution is 0.953. The fraction of sp³-hybridized carbons (Fsp3) is 0.122. The standard InChI is InChI=1S/C39H31N3.C2H6/c1-4-32(33-13-7-5-11-26(33)2)28-19-17-27(18-20-28)29-21-22-37-34(24-29)39-31(23-30-12-6-8-14-35(30)41-39)25-42(37)38-16-10-9-15-36(38)40-3;1-2/h4-24H,3,25H2,1-2H3;1-2H3/b32-4-;. The summed E-state index contributed by atoms with van der Waals surface area (Å²) in [7, 11) is 0. The van der Waals surface area contributed by atoms with E-state index in [4.69, 9.17) is 4.98 Å². The van der Waals surface area contributed by atoms with Crippen LogP contribution in [-0.4, -0.2) is 11.7 Å². The maximum Gasteiger partial charge on any atom is 0.0859 e. The highest BCUT2D eigenvalue weighted by Gasteiger charge is 2.26. The van der Waals surface area contributed by atoms with Gasteiger partial charge in [-0.2, -0.15) is 0 Å². The van der Waals surface area contributed by atoms with Gasteiger partial charge in [-0.3, -0.25) is 4.99 Å². The molecule has 0 fully saturated rings. The third-order valence-electron chi connectivity index (χ3n) is 8.27. The normalized spacial score (nSPS) is 12.2. The van der Waals surface area contributed by atoms with E-state index in [1.54, 1.807) is 0 Å². The number of aryl methyl sites for hydroxylation is 1. The average Bonchev–Trinajstić information content (AvgIpc) is 3.09. The van der Waals surface area contributed by atoms with Crippen LogP contribution in [0, 0.1) is 6.92 Å². The number of allylic oxidation sites excluding steroid dienone is 1. The van der Waals surface area contributed by atoms with Gasteiger partial charge >= 0.3 is 0 Å². The minimum Gasteiger partial charge on any atom is -0.335 e. The first kappa shape index (κ1) is 28.8. The maximum absolute atomic E-state index is 5.18. The Kier molecular flexibility index (Phi) is 8.21. The maximum atomic E-state index is 5.18. The molecular weight excluding hydrogens is 534 g/mol. The number of aromatic nitrogens is 1. The number of anilines is 2. The Morgan fingerprint density at radius 1 is 0.773 bits per heavy atom. The van der Waals surface area contributed by atoms with Crippen molar-refractivity contribution in [2.24, 2.45) is 4.99 Å². The van der Waals surface area contributed by atoms with Crippen molar-refractivity contribution in [2.75, 3.05) is 4.90 Å². The quantitative estimate of drug-likeness (QED) is 0.193. The summed E-state index contributed by atoms with van der Waals surface area (Å²) in [5.74, 6) is 0. The smallest absolute Gasteiger partial charge is 0.0859 e. The van der Waals surface area contributed by atoms with Crippen molar-refractivity contribution >= 4 is 40.3 Å². The molecule has 6 aromatic rings. The SMILES string of the molecule is C=Nc1ccccc1N1Cc2cc3ccccc3nc2-c2cc(-c3ccc(/C(=C/C)c4ccccc4C)cc3)ccc21.CC. The van der Waals surface area contributed by atoms with Crippen LogP contribution in [0.1, 0.15) is 43.0 Å². The first-order chi connectivity index (χ1) is 21.6. The lowest BCUT2D eigenvalue weighted by Crippen LogP contribution is -2.22. The highest BCUT2D eigenvalue weighted by atomic mass is 15.2. The lowest BCUT2D eigenvalue weighted by Gasteiger charge is -2.33. The number of pyridine rings is 1. The van der Waals surface area contributed by atoms with Crippen LogP contribution in [-0.2, 0) is 6.54 Å². The van der Waals surface area contributed by atoms with Crippen LogP contribution in [0.5, 0.6) is 0 Å². The van der Waals surface area contributed by atoms with E-state index in [1.165, 1.54) is 33.4 Å². The van der Waals surface area contributed by atoms with Gasteiger partial charge in [-0.15, -0.1) is 0 Å². The van der Waals surface area contributed by atoms with Crippen molar-refractivity contribution in [1.29, 1.82) is 0 Å². The van der Waals surface area contributed by atoms with Gasteiger partial charge in [-0.05, 0) is 95.9 Å². The van der Waals surface area contributed by atoms with Gasteiger partial charge in [0.15, 0.2) is 0 Å². The molecule has 0 unspecified atom stereocenters. The number of hydrogen-bond donors (Lipinski definition) is 0. The van der Waals surface area contributed by atoms with Crippen molar-refractivity contribution in [2.45, 2.75) is 34.2 Å². The van der Waals surface area contributed by atoms with Crippen LogP contribution in [0.4, 0.5) is 17.1 Å². The van der Waals surface area contributed by atoms with Crippen molar-refractivity contribution in [1.82, 2.24) is 4.98 Å². The minimum atomic E-state index is 0.714. The van der Waals surface area contributed by atoms with Gasteiger partial charge in [0.1, 0.15) is 0 Å². The van der Waals surface area contributed by atoms with E-state index < -0.39 is 0 Å². The Bertz CT molecular complexity index is 2000. The molecule has 216 valence electrons. The van der Waals surface area contributed by atoms with E-state index >= 15 is 0 Å². The molecule has 3 nitrogen and oxygen atoms in total. The van der Waals surface area contributed by atoms with Crippen LogP contribution >= 0.6 is 0 Å². The summed E-state index contributed by atoms with van der Waals surface area (Å²) in [5.41, 5.74) is 14.8. The number of benzene rings is 5. The number of rotatable bonds is 5. The molecule has 0 radical (unpaired) electrons. The van der Waals surface area contributed by atoms with Gasteiger partial charge in [0, 0.05) is 10.9 Å². The largest absolute Gasteiger partial charge is 0.335 e. The second-order valence-corrected chi connectivity index (χ2v) is 10.7. The molecule has 0 amide bonds. The molecule has 0 N–H and O–H groups in total. The summed E-state index contributed by atoms with van der Waals surface area (Å²) < 4.78 is 0. The molecule has 0 saturated carbocycles. The Morgan fingerprint density at radius 3 is 2.25 bits per heavy atom. The molecular formula is C41H37N3. The van der Waals surface area contributed by atoms with Gasteiger partial charge in [-0.1, -0.05) is 105 Å². The molecule has 0 saturated heterocycles. The lowest BCUT2D eigenvalue weighted by atomic mass is 9.91. The van der Waals surface area contributed by atoms with Crippen LogP contribution in [0.2, 0.25) is 0 Å². The number of hydrogen-bond acceptors (Lipinski definition) is 3. The van der Waals surface area contributed by atoms with Gasteiger partial charge < -0.3 is 4.90 Å². The summed E-state index contributed by atoms with van der Waals surface area (Å²) in [6.45, 7) is 12.8. The first-order valence-electron chi connectivity index (χ1n) is 15.3. The monoisotopic (exact) mass is 571 g/mol. The van der Waals surface area contributed by atoms with Gasteiger partial charge in [0.2, 0.25) is 0 Å². The average molecular weight is 572 g/mol.